The molecule has 0 aromatic rings. The molecule has 90 valence electrons. The Morgan fingerprint density at radius 1 is 1.47 bits per heavy atom. The SMILES string of the molecule is CCC1(CO[PH](=O)OC)COP(C)OC1. The Bertz CT molecular complexity index is 215. The maximum Gasteiger partial charge on any atom is 0.318 e. The number of hydrogen-bond donors (Lipinski definition) is 0. The second-order valence-corrected chi connectivity index (χ2v) is 6.18. The molecular weight excluding hydrogens is 238 g/mol. The molecule has 1 saturated heterocycles. The van der Waals surface area contributed by atoms with Gasteiger partial charge in [0.2, 0.25) is 0 Å². The summed E-state index contributed by atoms with van der Waals surface area (Å²) in [6.45, 7) is 5.53. The smallest absolute Gasteiger partial charge is 0.318 e. The van der Waals surface area contributed by atoms with Gasteiger partial charge >= 0.3 is 8.25 Å². The molecule has 0 aliphatic carbocycles. The Hall–Kier alpha value is 0.500. The van der Waals surface area contributed by atoms with Gasteiger partial charge in [-0.25, -0.2) is 0 Å². The highest BCUT2D eigenvalue weighted by Crippen LogP contribution is 2.45. The zero-order valence-corrected chi connectivity index (χ0v) is 11.2. The highest BCUT2D eigenvalue weighted by molar-refractivity contribution is 7.46. The summed E-state index contributed by atoms with van der Waals surface area (Å²) in [6.07, 6.45) is 0.870. The van der Waals surface area contributed by atoms with E-state index in [1.807, 2.05) is 13.6 Å². The van der Waals surface area contributed by atoms with Gasteiger partial charge in [-0.1, -0.05) is 6.92 Å². The van der Waals surface area contributed by atoms with Gasteiger partial charge in [0.15, 0.2) is 8.38 Å². The summed E-state index contributed by atoms with van der Waals surface area (Å²) in [7, 11) is -1.71. The molecule has 0 N–H and O–H groups in total. The molecule has 15 heavy (non-hydrogen) atoms. The van der Waals surface area contributed by atoms with E-state index in [1.165, 1.54) is 7.11 Å². The van der Waals surface area contributed by atoms with Crippen molar-refractivity contribution in [2.45, 2.75) is 13.3 Å². The van der Waals surface area contributed by atoms with E-state index in [0.29, 0.717) is 19.8 Å². The molecule has 5 nitrogen and oxygen atoms in total. The first-order valence-electron chi connectivity index (χ1n) is 4.82. The third-order valence-corrected chi connectivity index (χ3v) is 4.22. The molecule has 0 aromatic heterocycles. The van der Waals surface area contributed by atoms with Crippen molar-refractivity contribution in [3.05, 3.63) is 0 Å². The van der Waals surface area contributed by atoms with Crippen LogP contribution in [0.25, 0.3) is 0 Å². The molecule has 1 atom stereocenters. The van der Waals surface area contributed by atoms with Crippen LogP contribution in [0.2, 0.25) is 0 Å². The molecule has 1 aliphatic rings. The first kappa shape index (κ1) is 13.6. The van der Waals surface area contributed by atoms with Gasteiger partial charge in [-0.3, -0.25) is 4.57 Å². The van der Waals surface area contributed by atoms with Crippen molar-refractivity contribution < 1.29 is 22.7 Å². The van der Waals surface area contributed by atoms with Crippen molar-refractivity contribution in [3.63, 3.8) is 0 Å². The lowest BCUT2D eigenvalue weighted by atomic mass is 9.88. The van der Waals surface area contributed by atoms with Crippen LogP contribution in [-0.2, 0) is 22.7 Å². The third-order valence-electron chi connectivity index (χ3n) is 2.52. The topological polar surface area (TPSA) is 54.0 Å². The van der Waals surface area contributed by atoms with E-state index in [4.69, 9.17) is 13.6 Å². The highest BCUT2D eigenvalue weighted by Gasteiger charge is 2.35. The fraction of sp³-hybridized carbons (Fsp3) is 1.00. The van der Waals surface area contributed by atoms with Gasteiger partial charge in [0.1, 0.15) is 0 Å². The lowest BCUT2D eigenvalue weighted by Crippen LogP contribution is -2.37. The van der Waals surface area contributed by atoms with Crippen LogP contribution in [-0.4, -0.2) is 33.6 Å². The molecule has 0 saturated carbocycles. The van der Waals surface area contributed by atoms with Gasteiger partial charge in [-0.15, -0.1) is 0 Å². The van der Waals surface area contributed by atoms with E-state index < -0.39 is 16.6 Å². The summed E-state index contributed by atoms with van der Waals surface area (Å²) in [5.41, 5.74) is -0.173. The van der Waals surface area contributed by atoms with E-state index in [9.17, 15) is 4.57 Å². The molecule has 7 heteroatoms. The largest absolute Gasteiger partial charge is 0.333 e. The Morgan fingerprint density at radius 2 is 2.07 bits per heavy atom. The highest BCUT2D eigenvalue weighted by atomic mass is 31.2. The van der Waals surface area contributed by atoms with E-state index in [2.05, 4.69) is 4.52 Å². The maximum absolute atomic E-state index is 11.0. The zero-order valence-electron chi connectivity index (χ0n) is 9.32. The van der Waals surface area contributed by atoms with E-state index in [-0.39, 0.29) is 5.41 Å². The van der Waals surface area contributed by atoms with Gasteiger partial charge in [-0.05, 0) is 6.42 Å². The van der Waals surface area contributed by atoms with Crippen LogP contribution in [0.15, 0.2) is 0 Å². The first-order chi connectivity index (χ1) is 7.12. The second kappa shape index (κ2) is 6.29. The predicted octanol–water partition coefficient (Wildman–Crippen LogP) is 2.42. The minimum Gasteiger partial charge on any atom is -0.333 e. The maximum atomic E-state index is 11.0. The van der Waals surface area contributed by atoms with Crippen LogP contribution in [0.4, 0.5) is 0 Å². The van der Waals surface area contributed by atoms with Gasteiger partial charge in [-0.2, -0.15) is 0 Å². The van der Waals surface area contributed by atoms with Crippen molar-refractivity contribution in [2.75, 3.05) is 33.6 Å². The van der Waals surface area contributed by atoms with Crippen LogP contribution in [0.5, 0.6) is 0 Å². The lowest BCUT2D eigenvalue weighted by Gasteiger charge is -2.37. The fourth-order valence-corrected chi connectivity index (χ4v) is 2.72. The van der Waals surface area contributed by atoms with E-state index in [0.717, 1.165) is 6.42 Å². The van der Waals surface area contributed by atoms with Crippen molar-refractivity contribution >= 4 is 16.6 Å². The van der Waals surface area contributed by atoms with E-state index >= 15 is 0 Å². The van der Waals surface area contributed by atoms with Crippen molar-refractivity contribution in [3.8, 4) is 0 Å². The number of hydrogen-bond acceptors (Lipinski definition) is 5. The zero-order chi connectivity index (χ0) is 11.3. The average Bonchev–Trinajstić information content (AvgIpc) is 2.28. The molecule has 0 radical (unpaired) electrons. The summed E-state index contributed by atoms with van der Waals surface area (Å²) in [4.78, 5) is 0. The van der Waals surface area contributed by atoms with Gasteiger partial charge in [0, 0.05) is 19.2 Å². The molecule has 0 bridgehead atoms. The summed E-state index contributed by atoms with van der Waals surface area (Å²) in [6, 6.07) is 0. The van der Waals surface area contributed by atoms with Gasteiger partial charge < -0.3 is 18.1 Å². The third kappa shape index (κ3) is 4.10. The summed E-state index contributed by atoms with van der Waals surface area (Å²) >= 11 is 0. The molecule has 1 fully saturated rings. The molecular formula is C8H18O5P2. The van der Waals surface area contributed by atoms with Crippen molar-refractivity contribution in [1.29, 1.82) is 0 Å². The van der Waals surface area contributed by atoms with Crippen molar-refractivity contribution in [1.82, 2.24) is 0 Å². The van der Waals surface area contributed by atoms with Crippen molar-refractivity contribution in [2.24, 2.45) is 5.41 Å². The molecule has 1 unspecified atom stereocenters. The predicted molar refractivity (Wildman–Crippen MR) is 59.4 cm³/mol. The molecule has 1 heterocycles. The standard InChI is InChI=1S/C8H18O5P2/c1-4-8(7-13-15(9)10-2)5-11-14(3)12-6-8/h15H,4-7H2,1-3H3. The quantitative estimate of drug-likeness (QED) is 0.707. The molecule has 1 aliphatic heterocycles. The first-order valence-corrected chi connectivity index (χ1v) is 7.67. The monoisotopic (exact) mass is 256 g/mol. The average molecular weight is 256 g/mol. The van der Waals surface area contributed by atoms with Gasteiger partial charge in [0.25, 0.3) is 0 Å². The fourth-order valence-electron chi connectivity index (χ4n) is 1.20. The van der Waals surface area contributed by atoms with Crippen LogP contribution in [0.3, 0.4) is 0 Å². The summed E-state index contributed by atoms with van der Waals surface area (Å²) in [5, 5.41) is 0. The summed E-state index contributed by atoms with van der Waals surface area (Å²) in [5.74, 6) is 0. The normalized spacial score (nSPS) is 33.9. The van der Waals surface area contributed by atoms with Crippen LogP contribution < -0.4 is 0 Å². The lowest BCUT2D eigenvalue weighted by molar-refractivity contribution is -0.00340. The Balaban J connectivity index is 2.43. The van der Waals surface area contributed by atoms with Crippen LogP contribution >= 0.6 is 16.6 Å². The Labute approximate surface area is 92.3 Å². The summed E-state index contributed by atoms with van der Waals surface area (Å²) < 4.78 is 31.7. The van der Waals surface area contributed by atoms with Crippen LogP contribution in [0, 0.1) is 5.41 Å². The van der Waals surface area contributed by atoms with E-state index in [1.54, 1.807) is 0 Å². The molecule has 0 amide bonds. The Kier molecular flexibility index (Phi) is 5.69. The molecule has 0 aromatic carbocycles. The molecule has 0 spiro atoms. The second-order valence-electron chi connectivity index (χ2n) is 3.58. The van der Waals surface area contributed by atoms with Crippen LogP contribution in [0.1, 0.15) is 13.3 Å². The number of rotatable bonds is 5. The van der Waals surface area contributed by atoms with Gasteiger partial charge in [0.05, 0.1) is 19.8 Å². The Morgan fingerprint density at radius 3 is 2.53 bits per heavy atom. The molecule has 1 rings (SSSR count). The minimum atomic E-state index is -2.34. The minimum absolute atomic E-state index is 0.173.